The molecule has 1 aliphatic rings. The maximum absolute atomic E-state index is 5.75. The summed E-state index contributed by atoms with van der Waals surface area (Å²) in [6, 6.07) is 1.89. The van der Waals surface area contributed by atoms with Crippen molar-refractivity contribution in [3.05, 3.63) is 23.8 Å². The van der Waals surface area contributed by atoms with Gasteiger partial charge in [-0.1, -0.05) is 32.1 Å². The van der Waals surface area contributed by atoms with Gasteiger partial charge in [-0.25, -0.2) is 9.97 Å². The van der Waals surface area contributed by atoms with Crippen LogP contribution in [0.3, 0.4) is 0 Å². The van der Waals surface area contributed by atoms with Crippen LogP contribution in [0, 0.1) is 5.92 Å². The van der Waals surface area contributed by atoms with Crippen molar-refractivity contribution in [1.29, 1.82) is 0 Å². The predicted molar refractivity (Wildman–Crippen MR) is 61.9 cm³/mol. The van der Waals surface area contributed by atoms with Crippen molar-refractivity contribution >= 4 is 11.6 Å². The maximum Gasteiger partial charge on any atom is 0.128 e. The molecule has 0 saturated heterocycles. The van der Waals surface area contributed by atoms with E-state index in [1.807, 2.05) is 12.3 Å². The molecule has 0 N–H and O–H groups in total. The summed E-state index contributed by atoms with van der Waals surface area (Å²) in [7, 11) is 0. The second-order valence-corrected chi connectivity index (χ2v) is 4.57. The number of hydrogen-bond acceptors (Lipinski definition) is 2. The second-order valence-electron chi connectivity index (χ2n) is 4.31. The molecule has 1 heterocycles. The molecule has 0 unspecified atom stereocenters. The van der Waals surface area contributed by atoms with Crippen LogP contribution < -0.4 is 0 Å². The smallest absolute Gasteiger partial charge is 0.128 e. The van der Waals surface area contributed by atoms with E-state index >= 15 is 0 Å². The lowest BCUT2D eigenvalue weighted by Gasteiger charge is -2.20. The number of nitrogens with zero attached hydrogens (tertiary/aromatic N) is 2. The van der Waals surface area contributed by atoms with Crippen molar-refractivity contribution in [2.45, 2.75) is 44.4 Å². The summed E-state index contributed by atoms with van der Waals surface area (Å²) in [4.78, 5) is 8.75. The van der Waals surface area contributed by atoms with E-state index in [-0.39, 0.29) is 0 Å². The molecule has 2 nitrogen and oxygen atoms in total. The average molecular weight is 225 g/mol. The first-order valence-electron chi connectivity index (χ1n) is 5.75. The summed E-state index contributed by atoms with van der Waals surface area (Å²) in [6.45, 7) is 0. The molecule has 1 aromatic rings. The Morgan fingerprint density at radius 1 is 1.27 bits per heavy atom. The van der Waals surface area contributed by atoms with Crippen LogP contribution in [0.2, 0.25) is 0 Å². The molecule has 1 aliphatic carbocycles. The van der Waals surface area contributed by atoms with Crippen molar-refractivity contribution in [2.75, 3.05) is 0 Å². The molecule has 0 spiro atoms. The molecule has 0 aromatic carbocycles. The van der Waals surface area contributed by atoms with Gasteiger partial charge in [0.05, 0.1) is 11.6 Å². The topological polar surface area (TPSA) is 25.8 Å². The highest BCUT2D eigenvalue weighted by Crippen LogP contribution is 2.25. The average Bonchev–Trinajstić information content (AvgIpc) is 2.31. The Morgan fingerprint density at radius 3 is 2.80 bits per heavy atom. The van der Waals surface area contributed by atoms with Gasteiger partial charge in [0.1, 0.15) is 5.82 Å². The largest absolute Gasteiger partial charge is 0.241 e. The van der Waals surface area contributed by atoms with Gasteiger partial charge in [0, 0.05) is 12.6 Å². The number of hydrogen-bond donors (Lipinski definition) is 0. The minimum atomic E-state index is 0.486. The van der Waals surface area contributed by atoms with Gasteiger partial charge in [0.2, 0.25) is 0 Å². The van der Waals surface area contributed by atoms with E-state index in [0.29, 0.717) is 5.88 Å². The second kappa shape index (κ2) is 5.45. The van der Waals surface area contributed by atoms with E-state index in [0.717, 1.165) is 23.9 Å². The van der Waals surface area contributed by atoms with Crippen LogP contribution in [-0.4, -0.2) is 9.97 Å². The fraction of sp³-hybridized carbons (Fsp3) is 0.667. The number of halogens is 1. The molecule has 0 amide bonds. The number of rotatable bonds is 3. The first-order chi connectivity index (χ1) is 7.38. The van der Waals surface area contributed by atoms with Gasteiger partial charge in [-0.2, -0.15) is 0 Å². The Morgan fingerprint density at radius 2 is 2.07 bits per heavy atom. The van der Waals surface area contributed by atoms with Crippen LogP contribution in [0.5, 0.6) is 0 Å². The molecule has 82 valence electrons. The van der Waals surface area contributed by atoms with Crippen LogP contribution in [-0.2, 0) is 12.3 Å². The predicted octanol–water partition coefficient (Wildman–Crippen LogP) is 3.34. The highest BCUT2D eigenvalue weighted by molar-refractivity contribution is 6.16. The minimum absolute atomic E-state index is 0.486. The summed E-state index contributed by atoms with van der Waals surface area (Å²) in [5.41, 5.74) is 0.942. The molecular weight excluding hydrogens is 208 g/mol. The molecule has 0 radical (unpaired) electrons. The third-order valence-corrected chi connectivity index (χ3v) is 3.37. The SMILES string of the molecule is ClCc1ccnc(CC2CCCCC2)n1. The van der Waals surface area contributed by atoms with Gasteiger partial charge < -0.3 is 0 Å². The molecular formula is C12H17ClN2. The third-order valence-electron chi connectivity index (χ3n) is 3.10. The van der Waals surface area contributed by atoms with Crippen molar-refractivity contribution in [1.82, 2.24) is 9.97 Å². The van der Waals surface area contributed by atoms with Gasteiger partial charge in [-0.15, -0.1) is 11.6 Å². The summed E-state index contributed by atoms with van der Waals surface area (Å²) in [5, 5.41) is 0. The Hall–Kier alpha value is -0.630. The lowest BCUT2D eigenvalue weighted by atomic mass is 9.87. The minimum Gasteiger partial charge on any atom is -0.241 e. The summed E-state index contributed by atoms with van der Waals surface area (Å²) < 4.78 is 0. The highest BCUT2D eigenvalue weighted by atomic mass is 35.5. The summed E-state index contributed by atoms with van der Waals surface area (Å²) in [5.74, 6) is 2.25. The maximum atomic E-state index is 5.75. The fourth-order valence-electron chi connectivity index (χ4n) is 2.26. The first-order valence-corrected chi connectivity index (χ1v) is 6.28. The zero-order valence-corrected chi connectivity index (χ0v) is 9.71. The normalized spacial score (nSPS) is 17.9. The first kappa shape index (κ1) is 10.9. The van der Waals surface area contributed by atoms with Gasteiger partial charge in [0.15, 0.2) is 0 Å². The third kappa shape index (κ3) is 3.16. The van der Waals surface area contributed by atoms with E-state index in [9.17, 15) is 0 Å². The van der Waals surface area contributed by atoms with Gasteiger partial charge in [0.25, 0.3) is 0 Å². The quantitative estimate of drug-likeness (QED) is 0.736. The fourth-order valence-corrected chi connectivity index (χ4v) is 2.41. The van der Waals surface area contributed by atoms with E-state index in [1.165, 1.54) is 32.1 Å². The lowest BCUT2D eigenvalue weighted by molar-refractivity contribution is 0.351. The van der Waals surface area contributed by atoms with Gasteiger partial charge >= 0.3 is 0 Å². The number of alkyl halides is 1. The van der Waals surface area contributed by atoms with Crippen molar-refractivity contribution in [2.24, 2.45) is 5.92 Å². The molecule has 15 heavy (non-hydrogen) atoms. The van der Waals surface area contributed by atoms with Crippen molar-refractivity contribution < 1.29 is 0 Å². The van der Waals surface area contributed by atoms with Crippen molar-refractivity contribution in [3.8, 4) is 0 Å². The van der Waals surface area contributed by atoms with Crippen molar-refractivity contribution in [3.63, 3.8) is 0 Å². The lowest BCUT2D eigenvalue weighted by Crippen LogP contribution is -2.11. The monoisotopic (exact) mass is 224 g/mol. The molecule has 0 aliphatic heterocycles. The Bertz CT molecular complexity index is 308. The molecule has 0 atom stereocenters. The van der Waals surface area contributed by atoms with E-state index in [1.54, 1.807) is 0 Å². The Labute approximate surface area is 96.1 Å². The molecule has 0 bridgehead atoms. The summed E-state index contributed by atoms with van der Waals surface area (Å²) in [6.07, 6.45) is 9.69. The van der Waals surface area contributed by atoms with Crippen LogP contribution in [0.4, 0.5) is 0 Å². The molecule has 1 aromatic heterocycles. The summed E-state index contributed by atoms with van der Waals surface area (Å²) >= 11 is 5.75. The van der Waals surface area contributed by atoms with Crippen LogP contribution in [0.25, 0.3) is 0 Å². The van der Waals surface area contributed by atoms with Crippen LogP contribution >= 0.6 is 11.6 Å². The Kier molecular flexibility index (Phi) is 3.95. The standard InChI is InChI=1S/C12H17ClN2/c13-9-11-6-7-14-12(15-11)8-10-4-2-1-3-5-10/h6-7,10H,1-5,8-9H2. The molecule has 1 fully saturated rings. The molecule has 2 rings (SSSR count). The zero-order chi connectivity index (χ0) is 10.5. The van der Waals surface area contributed by atoms with Gasteiger partial charge in [-0.3, -0.25) is 0 Å². The van der Waals surface area contributed by atoms with Gasteiger partial charge in [-0.05, 0) is 12.0 Å². The molecule has 3 heteroatoms. The number of aromatic nitrogens is 2. The van der Waals surface area contributed by atoms with E-state index in [4.69, 9.17) is 11.6 Å². The van der Waals surface area contributed by atoms with Crippen LogP contribution in [0.15, 0.2) is 12.3 Å². The highest BCUT2D eigenvalue weighted by Gasteiger charge is 2.15. The molecule has 1 saturated carbocycles. The van der Waals surface area contributed by atoms with E-state index < -0.39 is 0 Å². The zero-order valence-electron chi connectivity index (χ0n) is 8.95. The Balaban J connectivity index is 1.96. The van der Waals surface area contributed by atoms with Crippen LogP contribution in [0.1, 0.15) is 43.6 Å². The van der Waals surface area contributed by atoms with E-state index in [2.05, 4.69) is 9.97 Å².